The van der Waals surface area contributed by atoms with Gasteiger partial charge in [0.05, 0.1) is 5.56 Å². The molecular weight excluding hydrogens is 568 g/mol. The minimum absolute atomic E-state index is 0.498. The van der Waals surface area contributed by atoms with Gasteiger partial charge in [-0.2, -0.15) is 0 Å². The van der Waals surface area contributed by atoms with Crippen LogP contribution in [0.2, 0.25) is 0 Å². The molecular formula is C40H24N4O2. The molecule has 0 unspecified atom stereocenters. The van der Waals surface area contributed by atoms with Crippen molar-refractivity contribution in [3.63, 3.8) is 0 Å². The predicted octanol–water partition coefficient (Wildman–Crippen LogP) is 10.2. The Morgan fingerprint density at radius 1 is 0.370 bits per heavy atom. The van der Waals surface area contributed by atoms with Crippen LogP contribution >= 0.6 is 0 Å². The lowest BCUT2D eigenvalue weighted by atomic mass is 10.0. The molecule has 0 fully saturated rings. The molecule has 0 radical (unpaired) electrons. The molecule has 0 amide bonds. The van der Waals surface area contributed by atoms with E-state index in [1.54, 1.807) is 0 Å². The van der Waals surface area contributed by atoms with Crippen LogP contribution in [0.4, 0.5) is 0 Å². The highest BCUT2D eigenvalue weighted by atomic mass is 16.3. The fourth-order valence-electron chi connectivity index (χ4n) is 5.89. The van der Waals surface area contributed by atoms with E-state index in [-0.39, 0.29) is 0 Å². The number of oxazole rings is 1. The third-order valence-corrected chi connectivity index (χ3v) is 8.20. The molecule has 9 rings (SSSR count). The molecule has 6 nitrogen and oxygen atoms in total. The summed E-state index contributed by atoms with van der Waals surface area (Å²) in [4.78, 5) is 19.8. The van der Waals surface area contributed by atoms with Gasteiger partial charge in [-0.3, -0.25) is 0 Å². The van der Waals surface area contributed by atoms with Gasteiger partial charge in [0.1, 0.15) is 16.7 Å². The number of rotatable bonds is 5. The molecule has 0 bridgehead atoms. The Morgan fingerprint density at radius 3 is 1.78 bits per heavy atom. The van der Waals surface area contributed by atoms with E-state index in [0.29, 0.717) is 28.9 Å². The Balaban J connectivity index is 1.22. The Labute approximate surface area is 263 Å². The van der Waals surface area contributed by atoms with Crippen LogP contribution < -0.4 is 0 Å². The Bertz CT molecular complexity index is 2520. The van der Waals surface area contributed by atoms with Crippen molar-refractivity contribution in [2.24, 2.45) is 0 Å². The SMILES string of the molecule is c1ccc(-c2ccc(-c3nc(-c4ccc5c(c4)oc4ccccc45)nc(-c4cccc5nc(-c6ccccc6)oc45)n3)cc2)cc1. The van der Waals surface area contributed by atoms with E-state index in [9.17, 15) is 0 Å². The van der Waals surface area contributed by atoms with E-state index >= 15 is 0 Å². The van der Waals surface area contributed by atoms with Crippen LogP contribution in [0.15, 0.2) is 154 Å². The normalized spacial score (nSPS) is 11.5. The Hall–Kier alpha value is -6.40. The second-order valence-corrected chi connectivity index (χ2v) is 11.1. The van der Waals surface area contributed by atoms with E-state index in [1.165, 1.54) is 0 Å². The van der Waals surface area contributed by atoms with Crippen molar-refractivity contribution in [2.45, 2.75) is 0 Å². The highest BCUT2D eigenvalue weighted by Crippen LogP contribution is 2.35. The predicted molar refractivity (Wildman–Crippen MR) is 182 cm³/mol. The van der Waals surface area contributed by atoms with Gasteiger partial charge >= 0.3 is 0 Å². The van der Waals surface area contributed by atoms with E-state index in [0.717, 1.165) is 60.8 Å². The minimum atomic E-state index is 0.498. The third-order valence-electron chi connectivity index (χ3n) is 8.20. The van der Waals surface area contributed by atoms with Crippen molar-refractivity contribution in [3.8, 4) is 56.7 Å². The number of hydrogen-bond acceptors (Lipinski definition) is 6. The van der Waals surface area contributed by atoms with Gasteiger partial charge in [0.15, 0.2) is 23.1 Å². The van der Waals surface area contributed by atoms with Gasteiger partial charge in [-0.25, -0.2) is 19.9 Å². The number of benzene rings is 6. The molecule has 3 heterocycles. The summed E-state index contributed by atoms with van der Waals surface area (Å²) >= 11 is 0. The summed E-state index contributed by atoms with van der Waals surface area (Å²) in [5, 5.41) is 2.12. The lowest BCUT2D eigenvalue weighted by molar-refractivity contribution is 0.620. The standard InChI is InChI=1S/C40H24N4O2/c1-3-10-25(11-4-1)26-18-20-27(21-19-26)37-42-38(29-22-23-31-30-14-7-8-17-34(30)45-35(31)24-29)44-39(43-37)32-15-9-16-33-36(32)46-40(41-33)28-12-5-2-6-13-28/h1-24H. The lowest BCUT2D eigenvalue weighted by Gasteiger charge is -2.09. The van der Waals surface area contributed by atoms with E-state index in [2.05, 4.69) is 48.5 Å². The summed E-state index contributed by atoms with van der Waals surface area (Å²) in [5.74, 6) is 2.14. The zero-order valence-corrected chi connectivity index (χ0v) is 24.5. The van der Waals surface area contributed by atoms with Crippen LogP contribution in [-0.2, 0) is 0 Å². The summed E-state index contributed by atoms with van der Waals surface area (Å²) in [6.07, 6.45) is 0. The summed E-state index contributed by atoms with van der Waals surface area (Å²) in [5.41, 5.74) is 8.59. The van der Waals surface area contributed by atoms with Crippen molar-refractivity contribution in [1.29, 1.82) is 0 Å². The molecule has 6 heteroatoms. The number of fused-ring (bicyclic) bond motifs is 4. The second kappa shape index (κ2) is 10.6. The number of hydrogen-bond donors (Lipinski definition) is 0. The molecule has 0 aliphatic heterocycles. The van der Waals surface area contributed by atoms with Crippen LogP contribution in [0.1, 0.15) is 0 Å². The Kier molecular flexibility index (Phi) is 6.03. The second-order valence-electron chi connectivity index (χ2n) is 11.1. The summed E-state index contributed by atoms with van der Waals surface area (Å²) in [6.45, 7) is 0. The molecule has 0 atom stereocenters. The molecule has 46 heavy (non-hydrogen) atoms. The quantitative estimate of drug-likeness (QED) is 0.198. The molecule has 3 aromatic heterocycles. The van der Waals surface area contributed by atoms with E-state index in [4.69, 9.17) is 28.8 Å². The number of para-hydroxylation sites is 2. The largest absolute Gasteiger partial charge is 0.456 e. The Morgan fingerprint density at radius 2 is 0.978 bits per heavy atom. The molecule has 0 spiro atoms. The van der Waals surface area contributed by atoms with Crippen molar-refractivity contribution in [1.82, 2.24) is 19.9 Å². The summed E-state index contributed by atoms with van der Waals surface area (Å²) < 4.78 is 12.6. The average molecular weight is 593 g/mol. The van der Waals surface area contributed by atoms with Crippen LogP contribution in [0.3, 0.4) is 0 Å². The van der Waals surface area contributed by atoms with Crippen molar-refractivity contribution in [2.75, 3.05) is 0 Å². The summed E-state index contributed by atoms with van der Waals surface area (Å²) in [6, 6.07) is 48.5. The number of aromatic nitrogens is 4. The van der Waals surface area contributed by atoms with Crippen LogP contribution in [0, 0.1) is 0 Å². The van der Waals surface area contributed by atoms with Crippen molar-refractivity contribution >= 4 is 33.0 Å². The van der Waals surface area contributed by atoms with Gasteiger partial charge in [-0.05, 0) is 53.6 Å². The fourth-order valence-corrected chi connectivity index (χ4v) is 5.89. The molecule has 9 aromatic rings. The molecule has 0 saturated carbocycles. The van der Waals surface area contributed by atoms with Gasteiger partial charge in [-0.15, -0.1) is 0 Å². The van der Waals surface area contributed by atoms with Gasteiger partial charge in [0.2, 0.25) is 5.89 Å². The third kappa shape index (κ3) is 4.52. The van der Waals surface area contributed by atoms with E-state index in [1.807, 2.05) is 97.1 Å². The fraction of sp³-hybridized carbons (Fsp3) is 0. The van der Waals surface area contributed by atoms with Crippen LogP contribution in [-0.4, -0.2) is 19.9 Å². The van der Waals surface area contributed by atoms with Gasteiger partial charge in [0, 0.05) is 27.5 Å². The first-order chi connectivity index (χ1) is 22.8. The monoisotopic (exact) mass is 592 g/mol. The van der Waals surface area contributed by atoms with Crippen molar-refractivity contribution < 1.29 is 8.83 Å². The lowest BCUT2D eigenvalue weighted by Crippen LogP contribution is -2.00. The van der Waals surface area contributed by atoms with Crippen LogP contribution in [0.5, 0.6) is 0 Å². The first-order valence-corrected chi connectivity index (χ1v) is 15.1. The average Bonchev–Trinajstić information content (AvgIpc) is 3.74. The maximum Gasteiger partial charge on any atom is 0.227 e. The molecule has 0 saturated heterocycles. The first kappa shape index (κ1) is 26.0. The maximum absolute atomic E-state index is 6.36. The van der Waals surface area contributed by atoms with Crippen molar-refractivity contribution in [3.05, 3.63) is 146 Å². The first-order valence-electron chi connectivity index (χ1n) is 15.1. The van der Waals surface area contributed by atoms with Gasteiger partial charge < -0.3 is 8.83 Å². The highest BCUT2D eigenvalue weighted by molar-refractivity contribution is 6.05. The van der Waals surface area contributed by atoms with E-state index < -0.39 is 0 Å². The maximum atomic E-state index is 6.36. The minimum Gasteiger partial charge on any atom is -0.456 e. The van der Waals surface area contributed by atoms with Gasteiger partial charge in [-0.1, -0.05) is 103 Å². The van der Waals surface area contributed by atoms with Gasteiger partial charge in [0.25, 0.3) is 0 Å². The number of furan rings is 1. The zero-order chi connectivity index (χ0) is 30.5. The van der Waals surface area contributed by atoms with Crippen LogP contribution in [0.25, 0.3) is 89.8 Å². The highest BCUT2D eigenvalue weighted by Gasteiger charge is 2.19. The number of nitrogens with zero attached hydrogens (tertiary/aromatic N) is 4. The molecule has 6 aromatic carbocycles. The smallest absolute Gasteiger partial charge is 0.227 e. The molecule has 216 valence electrons. The molecule has 0 aliphatic carbocycles. The molecule has 0 N–H and O–H groups in total. The molecule has 0 aliphatic rings. The topological polar surface area (TPSA) is 77.8 Å². The summed E-state index contributed by atoms with van der Waals surface area (Å²) in [7, 11) is 0. The zero-order valence-electron chi connectivity index (χ0n) is 24.5.